The van der Waals surface area contributed by atoms with Crippen LogP contribution >= 0.6 is 0 Å². The van der Waals surface area contributed by atoms with E-state index in [1.807, 2.05) is 19.1 Å². The van der Waals surface area contributed by atoms with Gasteiger partial charge in [-0.3, -0.25) is 9.12 Å². The Bertz CT molecular complexity index is 617. The molecule has 2 heterocycles. The van der Waals surface area contributed by atoms with Crippen LogP contribution in [0.1, 0.15) is 12.5 Å². The van der Waals surface area contributed by atoms with E-state index < -0.39 is 10.0 Å². The van der Waals surface area contributed by atoms with Crippen LogP contribution in [-0.2, 0) is 16.4 Å². The number of hydrogen-bond acceptors (Lipinski definition) is 4. The standard InChI is InChI=1S/C9H12N4O2S/c1-3-7-5-4-6-13-8(7)10-11-9(13)12-16(2,14)15/h4-6H,3H2,1-2H3,(H,11,12). The zero-order chi connectivity index (χ0) is 11.8. The molecule has 0 fully saturated rings. The van der Waals surface area contributed by atoms with Gasteiger partial charge in [0.1, 0.15) is 0 Å². The van der Waals surface area contributed by atoms with Gasteiger partial charge in [0.15, 0.2) is 5.65 Å². The summed E-state index contributed by atoms with van der Waals surface area (Å²) in [5, 5.41) is 7.77. The topological polar surface area (TPSA) is 76.4 Å². The molecule has 0 atom stereocenters. The average molecular weight is 240 g/mol. The maximum Gasteiger partial charge on any atom is 0.242 e. The number of aryl methyl sites for hydroxylation is 1. The fourth-order valence-electron chi connectivity index (χ4n) is 1.48. The highest BCUT2D eigenvalue weighted by atomic mass is 32.2. The zero-order valence-corrected chi connectivity index (χ0v) is 9.82. The molecule has 0 radical (unpaired) electrons. The fraction of sp³-hybridized carbons (Fsp3) is 0.333. The average Bonchev–Trinajstić information content (AvgIpc) is 2.59. The lowest BCUT2D eigenvalue weighted by Gasteiger charge is -2.02. The van der Waals surface area contributed by atoms with Gasteiger partial charge in [-0.1, -0.05) is 13.0 Å². The predicted octanol–water partition coefficient (Wildman–Crippen LogP) is 0.663. The van der Waals surface area contributed by atoms with Crippen LogP contribution in [0.3, 0.4) is 0 Å². The third-order valence-corrected chi connectivity index (χ3v) is 2.73. The quantitative estimate of drug-likeness (QED) is 0.855. The van der Waals surface area contributed by atoms with Gasteiger partial charge in [0.2, 0.25) is 16.0 Å². The first-order chi connectivity index (χ1) is 7.51. The molecule has 7 heteroatoms. The van der Waals surface area contributed by atoms with E-state index in [2.05, 4.69) is 14.9 Å². The number of pyridine rings is 1. The molecule has 0 amide bonds. The molecule has 0 saturated carbocycles. The van der Waals surface area contributed by atoms with Gasteiger partial charge in [0, 0.05) is 6.20 Å². The van der Waals surface area contributed by atoms with Crippen molar-refractivity contribution in [3.8, 4) is 0 Å². The van der Waals surface area contributed by atoms with Crippen LogP contribution in [0.4, 0.5) is 5.95 Å². The second-order valence-corrected chi connectivity index (χ2v) is 5.23. The number of rotatable bonds is 3. The number of nitrogens with zero attached hydrogens (tertiary/aromatic N) is 3. The van der Waals surface area contributed by atoms with Crippen molar-refractivity contribution in [1.29, 1.82) is 0 Å². The second kappa shape index (κ2) is 3.75. The molecule has 0 aliphatic rings. The maximum atomic E-state index is 11.1. The van der Waals surface area contributed by atoms with Crippen LogP contribution in [0, 0.1) is 0 Å². The lowest BCUT2D eigenvalue weighted by atomic mass is 10.2. The highest BCUT2D eigenvalue weighted by Gasteiger charge is 2.11. The Morgan fingerprint density at radius 3 is 2.81 bits per heavy atom. The zero-order valence-electron chi connectivity index (χ0n) is 9.01. The lowest BCUT2D eigenvalue weighted by Crippen LogP contribution is -2.12. The normalized spacial score (nSPS) is 11.9. The summed E-state index contributed by atoms with van der Waals surface area (Å²) >= 11 is 0. The fourth-order valence-corrected chi connectivity index (χ4v) is 1.95. The summed E-state index contributed by atoms with van der Waals surface area (Å²) in [7, 11) is -3.33. The molecule has 2 aromatic heterocycles. The first-order valence-electron chi connectivity index (χ1n) is 4.81. The van der Waals surface area contributed by atoms with Gasteiger partial charge in [-0.05, 0) is 18.1 Å². The van der Waals surface area contributed by atoms with Crippen molar-refractivity contribution < 1.29 is 8.42 Å². The van der Waals surface area contributed by atoms with E-state index in [-0.39, 0.29) is 5.95 Å². The summed E-state index contributed by atoms with van der Waals surface area (Å²) in [6.07, 6.45) is 3.63. The van der Waals surface area contributed by atoms with Crippen molar-refractivity contribution in [1.82, 2.24) is 14.6 Å². The van der Waals surface area contributed by atoms with E-state index in [1.54, 1.807) is 10.6 Å². The van der Waals surface area contributed by atoms with Crippen molar-refractivity contribution in [2.45, 2.75) is 13.3 Å². The van der Waals surface area contributed by atoms with Crippen LogP contribution in [0.15, 0.2) is 18.3 Å². The largest absolute Gasteiger partial charge is 0.268 e. The summed E-state index contributed by atoms with van der Waals surface area (Å²) in [5.74, 6) is 0.216. The smallest absolute Gasteiger partial charge is 0.242 e. The third-order valence-electron chi connectivity index (χ3n) is 2.17. The minimum absolute atomic E-state index is 0.216. The molecule has 0 saturated heterocycles. The van der Waals surface area contributed by atoms with Gasteiger partial charge in [-0.25, -0.2) is 8.42 Å². The molecule has 0 aromatic carbocycles. The van der Waals surface area contributed by atoms with Gasteiger partial charge in [-0.2, -0.15) is 0 Å². The van der Waals surface area contributed by atoms with E-state index in [9.17, 15) is 8.42 Å². The van der Waals surface area contributed by atoms with Crippen molar-refractivity contribution in [3.05, 3.63) is 23.9 Å². The molecular formula is C9H12N4O2S. The molecule has 0 aliphatic heterocycles. The van der Waals surface area contributed by atoms with Crippen LogP contribution < -0.4 is 4.72 Å². The summed E-state index contributed by atoms with van der Waals surface area (Å²) in [5.41, 5.74) is 1.70. The molecule has 0 aliphatic carbocycles. The molecule has 0 spiro atoms. The monoisotopic (exact) mass is 240 g/mol. The number of sulfonamides is 1. The lowest BCUT2D eigenvalue weighted by molar-refractivity contribution is 0.606. The summed E-state index contributed by atoms with van der Waals surface area (Å²) < 4.78 is 26.2. The molecular weight excluding hydrogens is 228 g/mol. The van der Waals surface area contributed by atoms with Crippen LogP contribution in [0.5, 0.6) is 0 Å². The van der Waals surface area contributed by atoms with E-state index in [4.69, 9.17) is 0 Å². The van der Waals surface area contributed by atoms with E-state index in [1.165, 1.54) is 0 Å². The Hall–Kier alpha value is -1.63. The predicted molar refractivity (Wildman–Crippen MR) is 60.8 cm³/mol. The van der Waals surface area contributed by atoms with E-state index in [0.717, 1.165) is 18.2 Å². The Labute approximate surface area is 93.4 Å². The van der Waals surface area contributed by atoms with Crippen molar-refractivity contribution in [2.75, 3.05) is 11.0 Å². The number of hydrogen-bond donors (Lipinski definition) is 1. The number of nitrogens with one attached hydrogen (secondary N) is 1. The Kier molecular flexibility index (Phi) is 2.55. The Morgan fingerprint density at radius 2 is 2.19 bits per heavy atom. The summed E-state index contributed by atoms with van der Waals surface area (Å²) in [6.45, 7) is 2.01. The first kappa shape index (κ1) is 10.9. The van der Waals surface area contributed by atoms with E-state index >= 15 is 0 Å². The molecule has 86 valence electrons. The number of aromatic nitrogens is 3. The van der Waals surface area contributed by atoms with Gasteiger partial charge >= 0.3 is 0 Å². The molecule has 2 aromatic rings. The first-order valence-corrected chi connectivity index (χ1v) is 6.71. The van der Waals surface area contributed by atoms with Gasteiger partial charge in [0.25, 0.3) is 0 Å². The summed E-state index contributed by atoms with van der Waals surface area (Å²) in [6, 6.07) is 3.77. The molecule has 0 bridgehead atoms. The van der Waals surface area contributed by atoms with Gasteiger partial charge < -0.3 is 0 Å². The van der Waals surface area contributed by atoms with Crippen molar-refractivity contribution >= 4 is 21.6 Å². The van der Waals surface area contributed by atoms with Crippen molar-refractivity contribution in [3.63, 3.8) is 0 Å². The highest BCUT2D eigenvalue weighted by molar-refractivity contribution is 7.91. The Balaban J connectivity index is 2.58. The van der Waals surface area contributed by atoms with Crippen LogP contribution in [0.25, 0.3) is 5.65 Å². The highest BCUT2D eigenvalue weighted by Crippen LogP contribution is 2.13. The minimum Gasteiger partial charge on any atom is -0.268 e. The number of anilines is 1. The Morgan fingerprint density at radius 1 is 1.44 bits per heavy atom. The van der Waals surface area contributed by atoms with E-state index in [0.29, 0.717) is 5.65 Å². The van der Waals surface area contributed by atoms with Crippen LogP contribution in [-0.4, -0.2) is 29.3 Å². The van der Waals surface area contributed by atoms with Crippen LogP contribution in [0.2, 0.25) is 0 Å². The maximum absolute atomic E-state index is 11.1. The molecule has 16 heavy (non-hydrogen) atoms. The second-order valence-electron chi connectivity index (χ2n) is 3.48. The minimum atomic E-state index is -3.33. The molecule has 0 unspecified atom stereocenters. The molecule has 2 rings (SSSR count). The third kappa shape index (κ3) is 1.99. The summed E-state index contributed by atoms with van der Waals surface area (Å²) in [4.78, 5) is 0. The SMILES string of the molecule is CCc1cccn2c(NS(C)(=O)=O)nnc12. The molecule has 6 nitrogen and oxygen atoms in total. The number of fused-ring (bicyclic) bond motifs is 1. The van der Waals surface area contributed by atoms with Gasteiger partial charge in [0.05, 0.1) is 6.26 Å². The van der Waals surface area contributed by atoms with Gasteiger partial charge in [-0.15, -0.1) is 10.2 Å². The molecule has 1 N–H and O–H groups in total. The van der Waals surface area contributed by atoms with Crippen molar-refractivity contribution in [2.24, 2.45) is 0 Å².